The van der Waals surface area contributed by atoms with E-state index in [1.807, 2.05) is 51.1 Å². The third-order valence-corrected chi connectivity index (χ3v) is 8.27. The Bertz CT molecular complexity index is 1080. The van der Waals surface area contributed by atoms with Crippen molar-refractivity contribution in [3.05, 3.63) is 35.9 Å². The summed E-state index contributed by atoms with van der Waals surface area (Å²) in [6.07, 6.45) is 2.57. The van der Waals surface area contributed by atoms with Crippen LogP contribution >= 0.6 is 0 Å². The molecule has 7 atom stereocenters. The second-order valence-electron chi connectivity index (χ2n) is 11.8. The van der Waals surface area contributed by atoms with E-state index in [4.69, 9.17) is 5.73 Å². The van der Waals surface area contributed by atoms with Gasteiger partial charge in [0.1, 0.15) is 24.2 Å². The minimum absolute atomic E-state index is 0.275. The number of benzene rings is 1. The van der Waals surface area contributed by atoms with Gasteiger partial charge in [0.05, 0.1) is 6.04 Å². The van der Waals surface area contributed by atoms with Crippen molar-refractivity contribution < 1.29 is 29.1 Å². The van der Waals surface area contributed by atoms with Gasteiger partial charge in [-0.15, -0.1) is 0 Å². The quantitative estimate of drug-likeness (QED) is 0.208. The number of nitrogens with one attached hydrogen (secondary N) is 3. The number of carboxylic acids is 1. The fourth-order valence-corrected chi connectivity index (χ4v) is 5.12. The molecule has 1 aliphatic heterocycles. The Kier molecular flexibility index (Phi) is 13.4. The molecule has 1 heterocycles. The Labute approximate surface area is 249 Å². The summed E-state index contributed by atoms with van der Waals surface area (Å²) < 4.78 is 0. The van der Waals surface area contributed by atoms with E-state index in [-0.39, 0.29) is 23.7 Å². The Balaban J connectivity index is 2.17. The molecule has 0 bridgehead atoms. The molecule has 234 valence electrons. The molecule has 0 unspecified atom stereocenters. The average Bonchev–Trinajstić information content (AvgIpc) is 3.46. The number of nitrogens with two attached hydrogens (primary N) is 1. The number of carboxylic acid groups (broad SMARTS) is 1. The van der Waals surface area contributed by atoms with Crippen molar-refractivity contribution in [3.63, 3.8) is 0 Å². The number of rotatable bonds is 15. The van der Waals surface area contributed by atoms with Crippen LogP contribution in [-0.4, -0.2) is 76.4 Å². The van der Waals surface area contributed by atoms with Crippen LogP contribution in [0, 0.1) is 17.8 Å². The zero-order valence-electron chi connectivity index (χ0n) is 25.8. The van der Waals surface area contributed by atoms with E-state index in [0.29, 0.717) is 38.6 Å². The predicted molar refractivity (Wildman–Crippen MR) is 160 cm³/mol. The molecule has 0 radical (unpaired) electrons. The maximum atomic E-state index is 13.6. The second kappa shape index (κ2) is 16.2. The summed E-state index contributed by atoms with van der Waals surface area (Å²) in [5, 5.41) is 17.7. The monoisotopic (exact) mass is 587 g/mol. The maximum absolute atomic E-state index is 13.6. The molecule has 0 saturated carbocycles. The first-order valence-corrected chi connectivity index (χ1v) is 15.1. The van der Waals surface area contributed by atoms with Gasteiger partial charge in [-0.3, -0.25) is 19.2 Å². The Morgan fingerprint density at radius 2 is 1.40 bits per heavy atom. The van der Waals surface area contributed by atoms with Crippen LogP contribution in [0.1, 0.15) is 72.8 Å². The number of hydrogen-bond donors (Lipinski definition) is 5. The standard InChI is InChI=1S/C31H49N5O6/c1-7-19(5)25(29(39)35-26(20(6)8-2)28(38)33-24(18(3)4)31(41)42)34-27(37)23-15-12-16-36(23)30(40)22(32)17-21-13-10-9-11-14-21/h9-11,13-14,18-20,22-26H,7-8,12,15-17,32H2,1-6H3,(H,33,38)(H,34,37)(H,35,39)(H,41,42)/t19-,20-,22-,23-,24-,25-,26-/m0/s1. The number of nitrogens with zero attached hydrogens (tertiary/aromatic N) is 1. The molecule has 0 aliphatic carbocycles. The van der Waals surface area contributed by atoms with Crippen LogP contribution in [0.4, 0.5) is 0 Å². The molecule has 1 aliphatic rings. The van der Waals surface area contributed by atoms with E-state index in [2.05, 4.69) is 16.0 Å². The largest absolute Gasteiger partial charge is 0.480 e. The predicted octanol–water partition coefficient (Wildman–Crippen LogP) is 1.83. The summed E-state index contributed by atoms with van der Waals surface area (Å²) in [5.41, 5.74) is 7.17. The molecule has 1 aromatic rings. The zero-order valence-corrected chi connectivity index (χ0v) is 25.8. The molecule has 1 aromatic carbocycles. The van der Waals surface area contributed by atoms with E-state index in [9.17, 15) is 29.1 Å². The summed E-state index contributed by atoms with van der Waals surface area (Å²) >= 11 is 0. The third kappa shape index (κ3) is 9.27. The first-order valence-electron chi connectivity index (χ1n) is 15.1. The highest BCUT2D eigenvalue weighted by Crippen LogP contribution is 2.21. The number of hydrogen-bond acceptors (Lipinski definition) is 6. The van der Waals surface area contributed by atoms with E-state index < -0.39 is 53.9 Å². The van der Waals surface area contributed by atoms with Gasteiger partial charge in [-0.2, -0.15) is 0 Å². The van der Waals surface area contributed by atoms with Gasteiger partial charge in [0, 0.05) is 6.54 Å². The summed E-state index contributed by atoms with van der Waals surface area (Å²) in [4.78, 5) is 66.7. The van der Waals surface area contributed by atoms with Crippen molar-refractivity contribution in [2.24, 2.45) is 23.5 Å². The fourth-order valence-electron chi connectivity index (χ4n) is 5.12. The summed E-state index contributed by atoms with van der Waals surface area (Å²) in [6.45, 7) is 11.2. The van der Waals surface area contributed by atoms with Crippen LogP contribution in [0.2, 0.25) is 0 Å². The van der Waals surface area contributed by atoms with Gasteiger partial charge in [0.25, 0.3) is 0 Å². The SMILES string of the molecule is CC[C@H](C)[C@H](NC(=O)[C@@H](NC(=O)[C@@H]1CCCN1C(=O)[C@@H](N)Cc1ccccc1)[C@@H](C)CC)C(=O)N[C@H](C(=O)O)C(C)C. The third-order valence-electron chi connectivity index (χ3n) is 8.27. The van der Waals surface area contributed by atoms with Crippen LogP contribution in [0.3, 0.4) is 0 Å². The Morgan fingerprint density at radius 3 is 1.90 bits per heavy atom. The topological polar surface area (TPSA) is 171 Å². The summed E-state index contributed by atoms with van der Waals surface area (Å²) in [7, 11) is 0. The zero-order chi connectivity index (χ0) is 31.6. The minimum atomic E-state index is -1.16. The molecular weight excluding hydrogens is 538 g/mol. The molecule has 0 spiro atoms. The molecule has 2 rings (SSSR count). The maximum Gasteiger partial charge on any atom is 0.326 e. The van der Waals surface area contributed by atoms with Crippen LogP contribution < -0.4 is 21.7 Å². The van der Waals surface area contributed by atoms with Crippen LogP contribution in [-0.2, 0) is 30.4 Å². The molecule has 11 heteroatoms. The number of carbonyl (C=O) groups excluding carboxylic acids is 4. The lowest BCUT2D eigenvalue weighted by Crippen LogP contribution is -2.61. The van der Waals surface area contributed by atoms with Crippen LogP contribution in [0.5, 0.6) is 0 Å². The lowest BCUT2D eigenvalue weighted by molar-refractivity contribution is -0.144. The molecular formula is C31H49N5O6. The smallest absolute Gasteiger partial charge is 0.326 e. The molecule has 4 amide bonds. The average molecular weight is 588 g/mol. The molecule has 42 heavy (non-hydrogen) atoms. The molecule has 1 saturated heterocycles. The van der Waals surface area contributed by atoms with Gasteiger partial charge >= 0.3 is 5.97 Å². The lowest BCUT2D eigenvalue weighted by Gasteiger charge is -2.32. The summed E-state index contributed by atoms with van der Waals surface area (Å²) in [5.74, 6) is -3.96. The van der Waals surface area contributed by atoms with Crippen LogP contribution in [0.25, 0.3) is 0 Å². The van der Waals surface area contributed by atoms with Crippen molar-refractivity contribution in [2.45, 2.75) is 104 Å². The molecule has 11 nitrogen and oxygen atoms in total. The number of carbonyl (C=O) groups is 5. The van der Waals surface area contributed by atoms with Gasteiger partial charge in [-0.1, -0.05) is 84.7 Å². The van der Waals surface area contributed by atoms with Crippen molar-refractivity contribution >= 4 is 29.6 Å². The van der Waals surface area contributed by atoms with E-state index in [0.717, 1.165) is 5.56 Å². The Hall–Kier alpha value is -3.47. The lowest BCUT2D eigenvalue weighted by atomic mass is 9.94. The molecule has 6 N–H and O–H groups in total. The highest BCUT2D eigenvalue weighted by molar-refractivity contribution is 5.96. The Morgan fingerprint density at radius 1 is 0.881 bits per heavy atom. The number of likely N-dealkylation sites (tertiary alicyclic amines) is 1. The summed E-state index contributed by atoms with van der Waals surface area (Å²) in [6, 6.07) is 4.82. The van der Waals surface area contributed by atoms with Gasteiger partial charge in [0.15, 0.2) is 0 Å². The highest BCUT2D eigenvalue weighted by atomic mass is 16.4. The van der Waals surface area contributed by atoms with Crippen molar-refractivity contribution in [2.75, 3.05) is 6.54 Å². The highest BCUT2D eigenvalue weighted by Gasteiger charge is 2.39. The van der Waals surface area contributed by atoms with Crippen molar-refractivity contribution in [1.29, 1.82) is 0 Å². The first-order chi connectivity index (χ1) is 19.8. The molecule has 1 fully saturated rings. The van der Waals surface area contributed by atoms with E-state index in [1.54, 1.807) is 20.8 Å². The first kappa shape index (κ1) is 34.7. The van der Waals surface area contributed by atoms with Gasteiger partial charge in [0.2, 0.25) is 23.6 Å². The van der Waals surface area contributed by atoms with Gasteiger partial charge in [-0.05, 0) is 42.6 Å². The fraction of sp³-hybridized carbons (Fsp3) is 0.645. The number of aliphatic carboxylic acids is 1. The molecule has 0 aromatic heterocycles. The van der Waals surface area contributed by atoms with E-state index >= 15 is 0 Å². The van der Waals surface area contributed by atoms with Gasteiger partial charge in [-0.25, -0.2) is 4.79 Å². The van der Waals surface area contributed by atoms with Gasteiger partial charge < -0.3 is 31.7 Å². The normalized spacial score (nSPS) is 19.2. The minimum Gasteiger partial charge on any atom is -0.480 e. The van der Waals surface area contributed by atoms with E-state index in [1.165, 1.54) is 4.90 Å². The van der Waals surface area contributed by atoms with Crippen molar-refractivity contribution in [1.82, 2.24) is 20.9 Å². The van der Waals surface area contributed by atoms with Crippen LogP contribution in [0.15, 0.2) is 30.3 Å². The second-order valence-corrected chi connectivity index (χ2v) is 11.8. The van der Waals surface area contributed by atoms with Crippen molar-refractivity contribution in [3.8, 4) is 0 Å². The number of amides is 4.